The number of hydrogen-bond acceptors (Lipinski definition) is 6. The molecule has 5 aliphatic rings. The second kappa shape index (κ2) is 9.54. The Morgan fingerprint density at radius 2 is 1.90 bits per heavy atom. The molecule has 2 saturated heterocycles. The average molecular weight is 562 g/mol. The number of rotatable bonds is 4. The molecule has 7 nitrogen and oxygen atoms in total. The molecule has 1 aromatic heterocycles. The number of phenolic OH excluding ortho intramolecular Hbond substituents is 1. The Hall–Kier alpha value is -3.94. The van der Waals surface area contributed by atoms with E-state index in [2.05, 4.69) is 88.4 Å². The lowest BCUT2D eigenvalue weighted by Gasteiger charge is -2.43. The molecule has 0 aliphatic carbocycles. The highest BCUT2D eigenvalue weighted by molar-refractivity contribution is 5.95. The minimum Gasteiger partial charge on any atom is -0.509 e. The van der Waals surface area contributed by atoms with Crippen molar-refractivity contribution in [3.8, 4) is 5.75 Å². The molecule has 42 heavy (non-hydrogen) atoms. The Morgan fingerprint density at radius 3 is 2.71 bits per heavy atom. The van der Waals surface area contributed by atoms with Crippen LogP contribution in [-0.4, -0.2) is 69.2 Å². The van der Waals surface area contributed by atoms with Gasteiger partial charge in [0, 0.05) is 64.2 Å². The topological polar surface area (TPSA) is 78.0 Å². The van der Waals surface area contributed by atoms with Crippen molar-refractivity contribution in [1.82, 2.24) is 19.7 Å². The third-order valence-electron chi connectivity index (χ3n) is 10.6. The number of aromatic hydroxyl groups is 1. The summed E-state index contributed by atoms with van der Waals surface area (Å²) in [5, 5.41) is 28.1. The van der Waals surface area contributed by atoms with E-state index in [1.54, 1.807) is 0 Å². The fraction of sp³-hybridized carbons (Fsp3) is 0.371. The number of likely N-dealkylation sites (N-methyl/N-ethyl adjacent to an activating group) is 1. The normalized spacial score (nSPS) is 28.8. The summed E-state index contributed by atoms with van der Waals surface area (Å²) in [6.07, 6.45) is 12.2. The minimum absolute atomic E-state index is 0.171. The number of hydrogen-bond donors (Lipinski definition) is 4. The lowest BCUT2D eigenvalue weighted by Crippen LogP contribution is -2.51. The van der Waals surface area contributed by atoms with Crippen LogP contribution >= 0.6 is 0 Å². The Labute approximate surface area is 247 Å². The fourth-order valence-corrected chi connectivity index (χ4v) is 8.46. The van der Waals surface area contributed by atoms with Gasteiger partial charge in [0.15, 0.2) is 0 Å². The summed E-state index contributed by atoms with van der Waals surface area (Å²) < 4.78 is 0. The van der Waals surface area contributed by atoms with E-state index >= 15 is 0 Å². The van der Waals surface area contributed by atoms with Crippen molar-refractivity contribution in [2.75, 3.05) is 32.5 Å². The van der Waals surface area contributed by atoms with Gasteiger partial charge < -0.3 is 30.3 Å². The molecule has 0 spiro atoms. The number of benzene rings is 2. The van der Waals surface area contributed by atoms with E-state index in [0.29, 0.717) is 17.4 Å². The fourth-order valence-electron chi connectivity index (χ4n) is 8.46. The first-order chi connectivity index (χ1) is 20.4. The highest BCUT2D eigenvalue weighted by atomic mass is 16.3. The molecule has 2 fully saturated rings. The van der Waals surface area contributed by atoms with E-state index in [4.69, 9.17) is 0 Å². The molecule has 5 aliphatic heterocycles. The van der Waals surface area contributed by atoms with Crippen LogP contribution in [0.5, 0.6) is 5.75 Å². The molecule has 3 aromatic rings. The highest BCUT2D eigenvalue weighted by Gasteiger charge is 2.44. The number of H-pyrrole nitrogens is 1. The van der Waals surface area contributed by atoms with Crippen LogP contribution in [0, 0.1) is 0 Å². The zero-order chi connectivity index (χ0) is 28.7. The molecule has 0 radical (unpaired) electrons. The largest absolute Gasteiger partial charge is 0.509 e. The molecule has 0 bridgehead atoms. The number of allylic oxidation sites excluding steroid dienone is 2. The van der Waals surface area contributed by atoms with Gasteiger partial charge in [-0.05, 0) is 88.3 Å². The van der Waals surface area contributed by atoms with Gasteiger partial charge in [0.1, 0.15) is 17.6 Å². The van der Waals surface area contributed by atoms with Crippen molar-refractivity contribution in [2.24, 2.45) is 0 Å². The molecular weight excluding hydrogens is 522 g/mol. The summed E-state index contributed by atoms with van der Waals surface area (Å²) in [6, 6.07) is 12.9. The van der Waals surface area contributed by atoms with Gasteiger partial charge in [-0.3, -0.25) is 4.90 Å². The molecule has 6 heterocycles. The molecule has 4 N–H and O–H groups in total. The first-order valence-corrected chi connectivity index (χ1v) is 15.3. The van der Waals surface area contributed by atoms with E-state index in [1.807, 2.05) is 18.2 Å². The molecule has 0 saturated carbocycles. The highest BCUT2D eigenvalue weighted by Crippen LogP contribution is 2.49. The Balaban J connectivity index is 1.20. The zero-order valence-corrected chi connectivity index (χ0v) is 24.3. The van der Waals surface area contributed by atoms with E-state index < -0.39 is 0 Å². The lowest BCUT2D eigenvalue weighted by molar-refractivity contribution is 0.154. The molecule has 8 rings (SSSR count). The summed E-state index contributed by atoms with van der Waals surface area (Å²) in [6.45, 7) is 6.18. The zero-order valence-electron chi connectivity index (χ0n) is 24.3. The van der Waals surface area contributed by atoms with Crippen LogP contribution in [0.4, 0.5) is 5.69 Å². The first-order valence-electron chi connectivity index (χ1n) is 15.3. The van der Waals surface area contributed by atoms with Gasteiger partial charge in [-0.25, -0.2) is 0 Å². The summed E-state index contributed by atoms with van der Waals surface area (Å²) in [5.41, 5.74) is 8.57. The predicted octanol–water partition coefficient (Wildman–Crippen LogP) is 6.54. The number of aliphatic hydroxyl groups excluding tert-OH is 1. The second-order valence-electron chi connectivity index (χ2n) is 12.7. The summed E-state index contributed by atoms with van der Waals surface area (Å²) in [4.78, 5) is 10.6. The number of phenols is 1. The molecular formula is C35H39N5O2. The molecule has 0 amide bonds. The summed E-state index contributed by atoms with van der Waals surface area (Å²) in [5.74, 6) is 1.18. The number of fused-ring (bicyclic) bond motifs is 8. The van der Waals surface area contributed by atoms with Crippen molar-refractivity contribution in [3.05, 3.63) is 101 Å². The van der Waals surface area contributed by atoms with Crippen LogP contribution in [0.25, 0.3) is 17.0 Å². The maximum Gasteiger partial charge on any atom is 0.131 e. The van der Waals surface area contributed by atoms with Crippen molar-refractivity contribution in [3.63, 3.8) is 0 Å². The predicted molar refractivity (Wildman–Crippen MR) is 168 cm³/mol. The molecule has 7 heteroatoms. The van der Waals surface area contributed by atoms with Gasteiger partial charge in [0.2, 0.25) is 0 Å². The molecule has 5 atom stereocenters. The smallest absolute Gasteiger partial charge is 0.131 e. The number of anilines is 1. The number of piperidine rings is 1. The Bertz CT molecular complexity index is 1700. The first kappa shape index (κ1) is 25.7. The summed E-state index contributed by atoms with van der Waals surface area (Å²) >= 11 is 0. The Kier molecular flexibility index (Phi) is 5.85. The monoisotopic (exact) mass is 561 g/mol. The third-order valence-corrected chi connectivity index (χ3v) is 10.6. The maximum absolute atomic E-state index is 12.1. The van der Waals surface area contributed by atoms with Gasteiger partial charge in [0.05, 0.1) is 11.2 Å². The van der Waals surface area contributed by atoms with E-state index in [-0.39, 0.29) is 24.2 Å². The van der Waals surface area contributed by atoms with Gasteiger partial charge in [-0.15, -0.1) is 0 Å². The minimum atomic E-state index is -0.356. The number of nitrogens with zero attached hydrogens (tertiary/aromatic N) is 3. The van der Waals surface area contributed by atoms with Crippen LogP contribution < -0.4 is 5.32 Å². The molecule has 216 valence electrons. The standard InChI is InChI=1S/C35H39N5O2/c1-4-20-19-40-17-14-24-22-11-12-29(41)30(27-10-7-15-38(27)2)32(22)37-33(24)34(40)35(42)25(20)18-28-31-23(13-16-39(28)3)21-8-5-6-9-26(21)36-31/h4-6,8-9,11-12,14,17,19,23,27-28,31,34,36-37,41-42H,1,7,10,13,15-16,18H2,2-3H3. The van der Waals surface area contributed by atoms with Gasteiger partial charge >= 0.3 is 0 Å². The van der Waals surface area contributed by atoms with Gasteiger partial charge in [-0.2, -0.15) is 0 Å². The number of aliphatic hydroxyl groups is 1. The number of aromatic nitrogens is 1. The van der Waals surface area contributed by atoms with Gasteiger partial charge in [-0.1, -0.05) is 30.9 Å². The van der Waals surface area contributed by atoms with Gasteiger partial charge in [0.25, 0.3) is 0 Å². The van der Waals surface area contributed by atoms with Crippen molar-refractivity contribution in [1.29, 1.82) is 0 Å². The van der Waals surface area contributed by atoms with E-state index in [1.165, 1.54) is 11.3 Å². The number of aromatic amines is 1. The Morgan fingerprint density at radius 1 is 1.05 bits per heavy atom. The SMILES string of the molecule is C=CC1=CN2C=Cc3c([nH]c4c(C5CCCN5C)c(O)ccc34)C2C(O)=C1CC1C2Nc3ccccc3C2CCN1C. The molecule has 5 unspecified atom stereocenters. The third kappa shape index (κ3) is 3.66. The average Bonchev–Trinajstić information content (AvgIpc) is 3.70. The van der Waals surface area contributed by atoms with Crippen LogP contribution in [0.15, 0.2) is 78.4 Å². The van der Waals surface area contributed by atoms with Crippen LogP contribution in [0.3, 0.4) is 0 Å². The van der Waals surface area contributed by atoms with E-state index in [9.17, 15) is 10.2 Å². The van der Waals surface area contributed by atoms with Crippen molar-refractivity contribution >= 4 is 22.7 Å². The lowest BCUT2D eigenvalue weighted by atomic mass is 9.79. The van der Waals surface area contributed by atoms with Crippen LogP contribution in [0.1, 0.15) is 66.1 Å². The second-order valence-corrected chi connectivity index (χ2v) is 12.7. The van der Waals surface area contributed by atoms with Crippen molar-refractivity contribution < 1.29 is 10.2 Å². The summed E-state index contributed by atoms with van der Waals surface area (Å²) in [7, 11) is 4.34. The van der Waals surface area contributed by atoms with E-state index in [0.717, 1.165) is 77.6 Å². The quantitative estimate of drug-likeness (QED) is 0.290. The molecule has 2 aromatic carbocycles. The maximum atomic E-state index is 12.1. The number of nitrogens with one attached hydrogen (secondary N) is 2. The van der Waals surface area contributed by atoms with Crippen molar-refractivity contribution in [2.45, 2.75) is 55.8 Å². The van der Waals surface area contributed by atoms with Crippen LogP contribution in [0.2, 0.25) is 0 Å². The van der Waals surface area contributed by atoms with Crippen LogP contribution in [-0.2, 0) is 0 Å². The number of likely N-dealkylation sites (tertiary alicyclic amines) is 2. The number of para-hydroxylation sites is 1.